The fourth-order valence-corrected chi connectivity index (χ4v) is 2.43. The second-order valence-electron chi connectivity index (χ2n) is 6.14. The number of ether oxygens (including phenoxy) is 2. The van der Waals surface area contributed by atoms with Crippen LogP contribution in [0, 0.1) is 11.8 Å². The Bertz CT molecular complexity index is 854. The third-order valence-electron chi connectivity index (χ3n) is 3.93. The molecule has 29 heavy (non-hydrogen) atoms. The smallest absolute Gasteiger partial charge is 0.335 e. The first-order valence-electron chi connectivity index (χ1n) is 8.93. The van der Waals surface area contributed by atoms with Crippen LogP contribution >= 0.6 is 0 Å². The molecular formula is C22H23NO6. The van der Waals surface area contributed by atoms with Gasteiger partial charge in [-0.1, -0.05) is 42.2 Å². The van der Waals surface area contributed by atoms with Gasteiger partial charge in [-0.15, -0.1) is 0 Å². The molecule has 0 aromatic heterocycles. The molecule has 0 fully saturated rings. The van der Waals surface area contributed by atoms with E-state index in [9.17, 15) is 19.8 Å². The van der Waals surface area contributed by atoms with Gasteiger partial charge in [0.15, 0.2) is 6.10 Å². The van der Waals surface area contributed by atoms with Crippen LogP contribution in [0.4, 0.5) is 0 Å². The summed E-state index contributed by atoms with van der Waals surface area (Å²) in [6, 6.07) is 15.6. The Kier molecular flexibility index (Phi) is 8.86. The molecule has 2 unspecified atom stereocenters. The summed E-state index contributed by atoms with van der Waals surface area (Å²) in [5, 5.41) is 22.0. The minimum atomic E-state index is -1.46. The molecule has 0 saturated carbocycles. The average molecular weight is 397 g/mol. The molecule has 0 saturated heterocycles. The van der Waals surface area contributed by atoms with Gasteiger partial charge >= 0.3 is 5.97 Å². The van der Waals surface area contributed by atoms with Crippen LogP contribution in [0.1, 0.15) is 21.5 Å². The molecule has 0 bridgehead atoms. The third kappa shape index (κ3) is 7.39. The van der Waals surface area contributed by atoms with Gasteiger partial charge in [0.05, 0.1) is 6.61 Å². The van der Waals surface area contributed by atoms with E-state index >= 15 is 0 Å². The number of hydrogen-bond acceptors (Lipinski definition) is 5. The van der Waals surface area contributed by atoms with Gasteiger partial charge < -0.3 is 25.0 Å². The molecule has 0 aliphatic rings. The van der Waals surface area contributed by atoms with Crippen molar-refractivity contribution in [2.45, 2.75) is 18.8 Å². The monoisotopic (exact) mass is 397 g/mol. The Hall–Kier alpha value is -3.18. The Balaban J connectivity index is 1.88. The number of hydrogen-bond donors (Lipinski definition) is 3. The minimum absolute atomic E-state index is 0.0361. The molecule has 0 aliphatic heterocycles. The molecule has 0 radical (unpaired) electrons. The number of aliphatic hydroxyl groups excluding tert-OH is 1. The molecule has 2 aromatic carbocycles. The molecule has 152 valence electrons. The zero-order valence-corrected chi connectivity index (χ0v) is 16.0. The number of carboxylic acid groups (broad SMARTS) is 1. The fourth-order valence-electron chi connectivity index (χ4n) is 2.43. The van der Waals surface area contributed by atoms with Crippen molar-refractivity contribution in [2.24, 2.45) is 0 Å². The summed E-state index contributed by atoms with van der Waals surface area (Å²) < 4.78 is 10.2. The summed E-state index contributed by atoms with van der Waals surface area (Å²) in [4.78, 5) is 23.6. The second-order valence-corrected chi connectivity index (χ2v) is 6.14. The molecule has 1 amide bonds. The quantitative estimate of drug-likeness (QED) is 0.553. The number of aliphatic carboxylic acids is 1. The van der Waals surface area contributed by atoms with Gasteiger partial charge in [0.1, 0.15) is 12.7 Å². The molecule has 7 heteroatoms. The van der Waals surface area contributed by atoms with Gasteiger partial charge in [-0.2, -0.15) is 0 Å². The van der Waals surface area contributed by atoms with Crippen LogP contribution in [0.5, 0.6) is 0 Å². The van der Waals surface area contributed by atoms with Gasteiger partial charge in [-0.05, 0) is 29.8 Å². The van der Waals surface area contributed by atoms with Crippen LogP contribution < -0.4 is 5.32 Å². The van der Waals surface area contributed by atoms with Crippen LogP contribution in [0.15, 0.2) is 54.6 Å². The van der Waals surface area contributed by atoms with Gasteiger partial charge in [-0.3, -0.25) is 4.79 Å². The standard InChI is InChI=1S/C22H23NO6/c1-28-13-5-8-16-9-11-18(12-10-16)21(25)23-14-19(24)20(22(26)27)29-15-17-6-3-2-4-7-17/h2-4,6-7,9-12,19-20,24H,13-15H2,1H3,(H,23,25)(H,26,27). The number of rotatable bonds is 9. The molecule has 0 heterocycles. The van der Waals surface area contributed by atoms with E-state index in [1.54, 1.807) is 55.6 Å². The van der Waals surface area contributed by atoms with Crippen molar-refractivity contribution in [2.75, 3.05) is 20.3 Å². The van der Waals surface area contributed by atoms with Crippen LogP contribution in [-0.2, 0) is 20.9 Å². The third-order valence-corrected chi connectivity index (χ3v) is 3.93. The van der Waals surface area contributed by atoms with Gasteiger partial charge in [0.2, 0.25) is 0 Å². The number of amides is 1. The zero-order chi connectivity index (χ0) is 21.1. The molecule has 2 aromatic rings. The van der Waals surface area contributed by atoms with E-state index in [-0.39, 0.29) is 13.2 Å². The lowest BCUT2D eigenvalue weighted by molar-refractivity contribution is -0.159. The van der Waals surface area contributed by atoms with Crippen LogP contribution in [0.25, 0.3) is 0 Å². The largest absolute Gasteiger partial charge is 0.479 e. The van der Waals surface area contributed by atoms with Crippen molar-refractivity contribution in [1.82, 2.24) is 5.32 Å². The highest BCUT2D eigenvalue weighted by atomic mass is 16.5. The maximum Gasteiger partial charge on any atom is 0.335 e. The van der Waals surface area contributed by atoms with Crippen molar-refractivity contribution in [3.8, 4) is 11.8 Å². The Morgan fingerprint density at radius 3 is 2.41 bits per heavy atom. The lowest BCUT2D eigenvalue weighted by Crippen LogP contribution is -2.44. The predicted molar refractivity (Wildman–Crippen MR) is 106 cm³/mol. The molecule has 3 N–H and O–H groups in total. The zero-order valence-electron chi connectivity index (χ0n) is 16.0. The van der Waals surface area contributed by atoms with Gasteiger partial charge in [0.25, 0.3) is 5.91 Å². The molecular weight excluding hydrogens is 374 g/mol. The Morgan fingerprint density at radius 2 is 1.79 bits per heavy atom. The fraction of sp³-hybridized carbons (Fsp3) is 0.273. The topological polar surface area (TPSA) is 105 Å². The van der Waals surface area contributed by atoms with Crippen LogP contribution in [0.3, 0.4) is 0 Å². The Morgan fingerprint density at radius 1 is 1.10 bits per heavy atom. The van der Waals surface area contributed by atoms with E-state index in [1.165, 1.54) is 0 Å². The normalized spacial score (nSPS) is 12.3. The number of aliphatic hydroxyl groups is 1. The molecule has 7 nitrogen and oxygen atoms in total. The maximum atomic E-state index is 12.2. The predicted octanol–water partition coefficient (Wildman–Crippen LogP) is 1.45. The lowest BCUT2D eigenvalue weighted by Gasteiger charge is -2.20. The average Bonchev–Trinajstić information content (AvgIpc) is 2.73. The van der Waals surface area contributed by atoms with Crippen LogP contribution in [0.2, 0.25) is 0 Å². The van der Waals surface area contributed by atoms with E-state index in [0.29, 0.717) is 12.2 Å². The van der Waals surface area contributed by atoms with E-state index in [1.807, 2.05) is 6.07 Å². The van der Waals surface area contributed by atoms with E-state index < -0.39 is 24.1 Å². The Labute approximate surface area is 169 Å². The number of carboxylic acids is 1. The summed E-state index contributed by atoms with van der Waals surface area (Å²) in [5.74, 6) is 3.96. The van der Waals surface area contributed by atoms with Crippen molar-refractivity contribution in [3.63, 3.8) is 0 Å². The number of carbonyl (C=O) groups excluding carboxylic acids is 1. The van der Waals surface area contributed by atoms with E-state index in [4.69, 9.17) is 9.47 Å². The van der Waals surface area contributed by atoms with Crippen molar-refractivity contribution in [1.29, 1.82) is 0 Å². The summed E-state index contributed by atoms with van der Waals surface area (Å²) >= 11 is 0. The van der Waals surface area contributed by atoms with Crippen LogP contribution in [-0.4, -0.2) is 54.6 Å². The maximum absolute atomic E-state index is 12.2. The second kappa shape index (κ2) is 11.6. The minimum Gasteiger partial charge on any atom is -0.479 e. The first kappa shape index (κ1) is 22.1. The SMILES string of the molecule is COCC#Cc1ccc(C(=O)NCC(O)C(OCc2ccccc2)C(=O)O)cc1. The summed E-state index contributed by atoms with van der Waals surface area (Å²) in [6.45, 7) is 0.0889. The van der Waals surface area contributed by atoms with Crippen molar-refractivity contribution < 1.29 is 29.3 Å². The lowest BCUT2D eigenvalue weighted by atomic mass is 10.1. The highest BCUT2D eigenvalue weighted by Crippen LogP contribution is 2.08. The van der Waals surface area contributed by atoms with Crippen molar-refractivity contribution in [3.05, 3.63) is 71.3 Å². The summed E-state index contributed by atoms with van der Waals surface area (Å²) in [7, 11) is 1.55. The first-order chi connectivity index (χ1) is 14.0. The van der Waals surface area contributed by atoms with Crippen molar-refractivity contribution >= 4 is 11.9 Å². The van der Waals surface area contributed by atoms with Gasteiger partial charge in [0, 0.05) is 24.8 Å². The molecule has 0 spiro atoms. The highest BCUT2D eigenvalue weighted by Gasteiger charge is 2.28. The number of methoxy groups -OCH3 is 1. The molecule has 2 rings (SSSR count). The molecule has 2 atom stereocenters. The number of carbonyl (C=O) groups is 2. The van der Waals surface area contributed by atoms with Gasteiger partial charge in [-0.25, -0.2) is 4.79 Å². The summed E-state index contributed by atoms with van der Waals surface area (Å²) in [6.07, 6.45) is -2.87. The van der Waals surface area contributed by atoms with E-state index in [2.05, 4.69) is 17.2 Å². The highest BCUT2D eigenvalue weighted by molar-refractivity contribution is 5.94. The first-order valence-corrected chi connectivity index (χ1v) is 8.93. The number of nitrogens with one attached hydrogen (secondary N) is 1. The molecule has 0 aliphatic carbocycles. The number of benzene rings is 2. The summed E-state index contributed by atoms with van der Waals surface area (Å²) in [5.41, 5.74) is 1.88. The van der Waals surface area contributed by atoms with E-state index in [0.717, 1.165) is 11.1 Å².